The summed E-state index contributed by atoms with van der Waals surface area (Å²) in [6, 6.07) is 9.87. The van der Waals surface area contributed by atoms with Crippen LogP contribution in [0.2, 0.25) is 5.02 Å². The number of hydrogen-bond donors (Lipinski definition) is 1. The molecule has 0 aliphatic carbocycles. The van der Waals surface area contributed by atoms with E-state index in [1.165, 1.54) is 18.5 Å². The molecule has 0 bridgehead atoms. The van der Waals surface area contributed by atoms with Gasteiger partial charge in [0.2, 0.25) is 15.9 Å². The molecule has 2 aromatic rings. The van der Waals surface area contributed by atoms with Crippen molar-refractivity contribution in [3.63, 3.8) is 0 Å². The van der Waals surface area contributed by atoms with Crippen LogP contribution in [0.4, 0.5) is 5.69 Å². The molecule has 1 heterocycles. The molecule has 1 fully saturated rings. The lowest BCUT2D eigenvalue weighted by molar-refractivity contribution is -0.120. The van der Waals surface area contributed by atoms with Crippen molar-refractivity contribution < 1.29 is 22.7 Å². The first-order chi connectivity index (χ1) is 14.3. The Morgan fingerprint density at radius 3 is 2.43 bits per heavy atom. The fourth-order valence-corrected chi connectivity index (χ4v) is 5.19. The molecule has 1 aliphatic heterocycles. The summed E-state index contributed by atoms with van der Waals surface area (Å²) >= 11 is 6.17. The molecule has 9 heteroatoms. The van der Waals surface area contributed by atoms with Gasteiger partial charge in [0.05, 0.1) is 35.7 Å². The van der Waals surface area contributed by atoms with Crippen LogP contribution in [-0.2, 0) is 14.8 Å². The minimum atomic E-state index is -3.66. The first-order valence-electron chi connectivity index (χ1n) is 9.55. The molecule has 162 valence electrons. The van der Waals surface area contributed by atoms with Gasteiger partial charge in [-0.25, -0.2) is 8.42 Å². The minimum absolute atomic E-state index is 0.119. The molecule has 1 saturated heterocycles. The second kappa shape index (κ2) is 9.24. The lowest BCUT2D eigenvalue weighted by atomic mass is 9.98. The van der Waals surface area contributed by atoms with Gasteiger partial charge in [0, 0.05) is 19.2 Å². The van der Waals surface area contributed by atoms with Gasteiger partial charge in [0.15, 0.2) is 0 Å². The number of carbonyl (C=O) groups excluding carboxylic acids is 1. The molecular weight excluding hydrogens is 428 g/mol. The van der Waals surface area contributed by atoms with E-state index in [-0.39, 0.29) is 17.3 Å². The molecule has 0 saturated carbocycles. The molecule has 1 N–H and O–H groups in total. The Labute approximate surface area is 182 Å². The number of piperidine rings is 1. The van der Waals surface area contributed by atoms with Gasteiger partial charge in [0.25, 0.3) is 0 Å². The number of ether oxygens (including phenoxy) is 2. The number of amides is 1. The van der Waals surface area contributed by atoms with Gasteiger partial charge in [-0.3, -0.25) is 4.79 Å². The maximum atomic E-state index is 13.0. The van der Waals surface area contributed by atoms with Crippen molar-refractivity contribution >= 4 is 33.2 Å². The number of sulfonamides is 1. The molecule has 1 amide bonds. The third-order valence-electron chi connectivity index (χ3n) is 5.15. The van der Waals surface area contributed by atoms with Crippen molar-refractivity contribution in [2.24, 2.45) is 5.92 Å². The van der Waals surface area contributed by atoms with E-state index < -0.39 is 15.9 Å². The quantitative estimate of drug-likeness (QED) is 0.722. The van der Waals surface area contributed by atoms with E-state index in [2.05, 4.69) is 5.32 Å². The van der Waals surface area contributed by atoms with Gasteiger partial charge >= 0.3 is 0 Å². The number of methoxy groups -OCH3 is 2. The van der Waals surface area contributed by atoms with Gasteiger partial charge in [0.1, 0.15) is 11.5 Å². The molecule has 30 heavy (non-hydrogen) atoms. The summed E-state index contributed by atoms with van der Waals surface area (Å²) < 4.78 is 37.8. The van der Waals surface area contributed by atoms with Crippen molar-refractivity contribution in [3.8, 4) is 11.5 Å². The number of carbonyl (C=O) groups is 1. The van der Waals surface area contributed by atoms with Crippen molar-refractivity contribution in [1.29, 1.82) is 0 Å². The van der Waals surface area contributed by atoms with Crippen LogP contribution in [0, 0.1) is 12.8 Å². The van der Waals surface area contributed by atoms with Crippen LogP contribution in [-0.4, -0.2) is 45.9 Å². The van der Waals surface area contributed by atoms with Crippen LogP contribution < -0.4 is 14.8 Å². The predicted octanol–water partition coefficient (Wildman–Crippen LogP) is 3.71. The zero-order valence-electron chi connectivity index (χ0n) is 17.1. The standard InChI is InChI=1S/C21H25ClN2O5S/c1-14-6-8-16(9-7-14)30(26,27)24-10-4-5-15(13-24)21(25)23-18-11-17(22)19(28-2)12-20(18)29-3/h6-9,11-12,15H,4-5,10,13H2,1-3H3,(H,23,25)/t15-/m1/s1. The molecule has 1 atom stereocenters. The largest absolute Gasteiger partial charge is 0.495 e. The van der Waals surface area contributed by atoms with E-state index in [0.29, 0.717) is 41.6 Å². The molecule has 0 spiro atoms. The Kier molecular flexibility index (Phi) is 6.90. The van der Waals surface area contributed by atoms with Gasteiger partial charge in [-0.1, -0.05) is 29.3 Å². The average Bonchev–Trinajstić information content (AvgIpc) is 2.74. The summed E-state index contributed by atoms with van der Waals surface area (Å²) in [6.07, 6.45) is 1.20. The van der Waals surface area contributed by atoms with Crippen LogP contribution in [0.3, 0.4) is 0 Å². The Morgan fingerprint density at radius 1 is 1.13 bits per heavy atom. The molecule has 7 nitrogen and oxygen atoms in total. The molecule has 0 unspecified atom stereocenters. The highest BCUT2D eigenvalue weighted by atomic mass is 35.5. The maximum absolute atomic E-state index is 13.0. The van der Waals surface area contributed by atoms with Crippen molar-refractivity contribution in [1.82, 2.24) is 4.31 Å². The summed E-state index contributed by atoms with van der Waals surface area (Å²) in [6.45, 7) is 2.41. The van der Waals surface area contributed by atoms with Gasteiger partial charge < -0.3 is 14.8 Å². The summed E-state index contributed by atoms with van der Waals surface area (Å²) in [4.78, 5) is 13.1. The third-order valence-corrected chi connectivity index (χ3v) is 7.32. The predicted molar refractivity (Wildman–Crippen MR) is 116 cm³/mol. The van der Waals surface area contributed by atoms with E-state index >= 15 is 0 Å². The van der Waals surface area contributed by atoms with Gasteiger partial charge in [-0.2, -0.15) is 4.31 Å². The lowest BCUT2D eigenvalue weighted by Gasteiger charge is -2.31. The van der Waals surface area contributed by atoms with E-state index in [1.807, 2.05) is 6.92 Å². The number of aryl methyl sites for hydroxylation is 1. The average molecular weight is 453 g/mol. The zero-order chi connectivity index (χ0) is 21.9. The molecule has 0 aromatic heterocycles. The smallest absolute Gasteiger partial charge is 0.243 e. The van der Waals surface area contributed by atoms with Crippen LogP contribution in [0.25, 0.3) is 0 Å². The van der Waals surface area contributed by atoms with E-state index in [1.54, 1.807) is 36.4 Å². The highest BCUT2D eigenvalue weighted by Gasteiger charge is 2.33. The highest BCUT2D eigenvalue weighted by Crippen LogP contribution is 2.36. The summed E-state index contributed by atoms with van der Waals surface area (Å²) in [5.74, 6) is 0.0759. The number of halogens is 1. The molecule has 0 radical (unpaired) electrons. The van der Waals surface area contributed by atoms with Crippen molar-refractivity contribution in [2.75, 3.05) is 32.6 Å². The SMILES string of the molecule is COc1cc(OC)c(NC(=O)[C@@H]2CCCN(S(=O)(=O)c3ccc(C)cc3)C2)cc1Cl. The number of nitrogens with zero attached hydrogens (tertiary/aromatic N) is 1. The number of anilines is 1. The highest BCUT2D eigenvalue weighted by molar-refractivity contribution is 7.89. The molecule has 2 aromatic carbocycles. The Hall–Kier alpha value is -2.29. The normalized spacial score (nSPS) is 17.4. The van der Waals surface area contributed by atoms with Crippen LogP contribution in [0.1, 0.15) is 18.4 Å². The Morgan fingerprint density at radius 2 is 1.80 bits per heavy atom. The van der Waals surface area contributed by atoms with E-state index in [4.69, 9.17) is 21.1 Å². The number of nitrogens with one attached hydrogen (secondary N) is 1. The van der Waals surface area contributed by atoms with Crippen LogP contribution >= 0.6 is 11.6 Å². The van der Waals surface area contributed by atoms with E-state index in [9.17, 15) is 13.2 Å². The Bertz CT molecular complexity index is 1020. The minimum Gasteiger partial charge on any atom is -0.495 e. The van der Waals surface area contributed by atoms with Crippen LogP contribution in [0.5, 0.6) is 11.5 Å². The molecular formula is C21H25ClN2O5S. The van der Waals surface area contributed by atoms with Crippen molar-refractivity contribution in [2.45, 2.75) is 24.7 Å². The fraction of sp³-hybridized carbons (Fsp3) is 0.381. The molecule has 1 aliphatic rings. The number of benzene rings is 2. The summed E-state index contributed by atoms with van der Waals surface area (Å²) in [7, 11) is -0.685. The number of hydrogen-bond acceptors (Lipinski definition) is 5. The molecule has 3 rings (SSSR count). The Balaban J connectivity index is 1.76. The first-order valence-corrected chi connectivity index (χ1v) is 11.4. The lowest BCUT2D eigenvalue weighted by Crippen LogP contribution is -2.43. The monoisotopic (exact) mass is 452 g/mol. The van der Waals surface area contributed by atoms with Gasteiger partial charge in [-0.05, 0) is 38.0 Å². The topological polar surface area (TPSA) is 84.9 Å². The zero-order valence-corrected chi connectivity index (χ0v) is 18.7. The van der Waals surface area contributed by atoms with Crippen molar-refractivity contribution in [3.05, 3.63) is 47.0 Å². The fourth-order valence-electron chi connectivity index (χ4n) is 3.43. The van der Waals surface area contributed by atoms with E-state index in [0.717, 1.165) is 5.56 Å². The first kappa shape index (κ1) is 22.4. The summed E-state index contributed by atoms with van der Waals surface area (Å²) in [5.41, 5.74) is 1.39. The van der Waals surface area contributed by atoms with Gasteiger partial charge in [-0.15, -0.1) is 0 Å². The van der Waals surface area contributed by atoms with Crippen LogP contribution in [0.15, 0.2) is 41.3 Å². The summed E-state index contributed by atoms with van der Waals surface area (Å²) in [5, 5.41) is 3.15. The third kappa shape index (κ3) is 4.71. The number of rotatable bonds is 6. The second-order valence-electron chi connectivity index (χ2n) is 7.19. The second-order valence-corrected chi connectivity index (χ2v) is 9.54. The maximum Gasteiger partial charge on any atom is 0.243 e.